The van der Waals surface area contributed by atoms with Crippen molar-refractivity contribution in [2.24, 2.45) is 0 Å². The number of ether oxygens (including phenoxy) is 1. The summed E-state index contributed by atoms with van der Waals surface area (Å²) in [5, 5.41) is 9.84. The van der Waals surface area contributed by atoms with Crippen molar-refractivity contribution in [1.82, 2.24) is 4.98 Å². The summed E-state index contributed by atoms with van der Waals surface area (Å²) < 4.78 is 5.33. The van der Waals surface area contributed by atoms with E-state index in [1.54, 1.807) is 32.9 Å². The monoisotopic (exact) mass is 363 g/mol. The fourth-order valence-electron chi connectivity index (χ4n) is 3.18. The molecule has 2 aromatic carbocycles. The van der Waals surface area contributed by atoms with E-state index in [1.165, 1.54) is 0 Å². The molecule has 0 aliphatic rings. The molecular formula is C22H21NO4. The number of benzene rings is 2. The fourth-order valence-corrected chi connectivity index (χ4v) is 3.18. The fraction of sp³-hybridized carbons (Fsp3) is 0.182. The highest BCUT2D eigenvalue weighted by Gasteiger charge is 2.14. The number of allylic oxidation sites excluding steroid dienone is 1. The van der Waals surface area contributed by atoms with E-state index in [1.807, 2.05) is 36.5 Å². The number of para-hydroxylation sites is 1. The minimum absolute atomic E-state index is 0.0729. The zero-order valence-corrected chi connectivity index (χ0v) is 15.5. The lowest BCUT2D eigenvalue weighted by molar-refractivity contribution is -0.139. The number of aryl methyl sites for hydroxylation is 2. The van der Waals surface area contributed by atoms with E-state index in [2.05, 4.69) is 4.98 Å². The summed E-state index contributed by atoms with van der Waals surface area (Å²) in [6, 6.07) is 11.4. The summed E-state index contributed by atoms with van der Waals surface area (Å²) in [6.45, 7) is 5.00. The molecule has 0 amide bonds. The van der Waals surface area contributed by atoms with Crippen molar-refractivity contribution >= 4 is 28.7 Å². The van der Waals surface area contributed by atoms with Crippen LogP contribution in [0.3, 0.4) is 0 Å². The molecule has 2 N–H and O–H groups in total. The highest BCUT2D eigenvalue weighted by Crippen LogP contribution is 2.27. The first kappa shape index (κ1) is 18.5. The van der Waals surface area contributed by atoms with Gasteiger partial charge in [0.05, 0.1) is 0 Å². The van der Waals surface area contributed by atoms with Crippen LogP contribution in [0.5, 0.6) is 5.75 Å². The van der Waals surface area contributed by atoms with Gasteiger partial charge < -0.3 is 14.8 Å². The van der Waals surface area contributed by atoms with Gasteiger partial charge in [0.15, 0.2) is 12.4 Å². The number of H-pyrrole nitrogens is 1. The number of carboxylic acid groups (broad SMARTS) is 1. The van der Waals surface area contributed by atoms with Crippen molar-refractivity contribution in [3.05, 3.63) is 70.4 Å². The number of rotatable bonds is 6. The molecule has 5 heteroatoms. The van der Waals surface area contributed by atoms with Crippen molar-refractivity contribution in [2.75, 3.05) is 6.61 Å². The number of carbonyl (C=O) groups excluding carboxylic acids is 1. The lowest BCUT2D eigenvalue weighted by Crippen LogP contribution is -2.11. The number of fused-ring (bicyclic) bond motifs is 1. The maximum absolute atomic E-state index is 12.9. The van der Waals surface area contributed by atoms with Crippen LogP contribution < -0.4 is 4.74 Å². The van der Waals surface area contributed by atoms with Gasteiger partial charge in [0.25, 0.3) is 0 Å². The first-order valence-corrected chi connectivity index (χ1v) is 8.61. The van der Waals surface area contributed by atoms with E-state index in [0.717, 1.165) is 27.6 Å². The van der Waals surface area contributed by atoms with Crippen LogP contribution in [0.25, 0.3) is 17.0 Å². The van der Waals surface area contributed by atoms with Gasteiger partial charge in [-0.3, -0.25) is 4.79 Å². The summed E-state index contributed by atoms with van der Waals surface area (Å²) in [6.07, 6.45) is 3.77. The second kappa shape index (κ2) is 7.50. The van der Waals surface area contributed by atoms with Gasteiger partial charge >= 0.3 is 5.97 Å². The molecule has 0 aliphatic heterocycles. The second-order valence-corrected chi connectivity index (χ2v) is 6.57. The second-order valence-electron chi connectivity index (χ2n) is 6.57. The maximum Gasteiger partial charge on any atom is 0.341 e. The van der Waals surface area contributed by atoms with Crippen LogP contribution in [0.2, 0.25) is 0 Å². The van der Waals surface area contributed by atoms with Crippen LogP contribution in [0.4, 0.5) is 0 Å². The average Bonchev–Trinajstić information content (AvgIpc) is 3.03. The third kappa shape index (κ3) is 3.92. The Hall–Kier alpha value is -3.34. The van der Waals surface area contributed by atoms with Crippen molar-refractivity contribution < 1.29 is 19.4 Å². The summed E-state index contributed by atoms with van der Waals surface area (Å²) in [4.78, 5) is 26.8. The number of hydrogen-bond acceptors (Lipinski definition) is 3. The lowest BCUT2D eigenvalue weighted by atomic mass is 9.98. The Balaban J connectivity index is 1.89. The predicted octanol–water partition coefficient (Wildman–Crippen LogP) is 4.53. The average molecular weight is 363 g/mol. The van der Waals surface area contributed by atoms with Crippen LogP contribution in [0.1, 0.15) is 34.0 Å². The number of aromatic amines is 1. The molecule has 3 rings (SSSR count). The summed E-state index contributed by atoms with van der Waals surface area (Å²) in [5.74, 6) is -0.602. The van der Waals surface area contributed by atoms with Crippen molar-refractivity contribution in [3.8, 4) is 5.75 Å². The van der Waals surface area contributed by atoms with Crippen molar-refractivity contribution in [3.63, 3.8) is 0 Å². The van der Waals surface area contributed by atoms with Crippen LogP contribution in [0.15, 0.2) is 48.2 Å². The largest absolute Gasteiger partial charge is 0.481 e. The number of aromatic nitrogens is 1. The molecule has 1 heterocycles. The Morgan fingerprint density at radius 2 is 1.81 bits per heavy atom. The third-order valence-corrected chi connectivity index (χ3v) is 4.41. The number of Topliss-reactive ketones (excluding diaryl/α,β-unsaturated/α-hetero) is 1. The van der Waals surface area contributed by atoms with Crippen molar-refractivity contribution in [1.29, 1.82) is 0 Å². The van der Waals surface area contributed by atoms with Gasteiger partial charge in [-0.05, 0) is 61.7 Å². The third-order valence-electron chi connectivity index (χ3n) is 4.41. The molecule has 0 saturated heterocycles. The Morgan fingerprint density at radius 3 is 2.48 bits per heavy atom. The first-order chi connectivity index (χ1) is 12.9. The molecule has 0 unspecified atom stereocenters. The van der Waals surface area contributed by atoms with E-state index >= 15 is 0 Å². The molecule has 27 heavy (non-hydrogen) atoms. The zero-order chi connectivity index (χ0) is 19.6. The summed E-state index contributed by atoms with van der Waals surface area (Å²) in [7, 11) is 0. The topological polar surface area (TPSA) is 79.4 Å². The summed E-state index contributed by atoms with van der Waals surface area (Å²) in [5.41, 5.74) is 4.64. The highest BCUT2D eigenvalue weighted by molar-refractivity contribution is 6.12. The highest BCUT2D eigenvalue weighted by atomic mass is 16.5. The first-order valence-electron chi connectivity index (χ1n) is 8.61. The number of ketones is 1. The number of carbonyl (C=O) groups is 2. The van der Waals surface area contributed by atoms with Gasteiger partial charge in [0.2, 0.25) is 0 Å². The summed E-state index contributed by atoms with van der Waals surface area (Å²) >= 11 is 0. The number of hydrogen-bond donors (Lipinski definition) is 2. The number of nitrogens with one attached hydrogen (secondary N) is 1. The molecule has 1 aromatic heterocycles. The molecular weight excluding hydrogens is 342 g/mol. The predicted molar refractivity (Wildman–Crippen MR) is 105 cm³/mol. The van der Waals surface area contributed by atoms with Gasteiger partial charge in [-0.2, -0.15) is 0 Å². The van der Waals surface area contributed by atoms with Crippen molar-refractivity contribution in [2.45, 2.75) is 20.8 Å². The van der Waals surface area contributed by atoms with Crippen LogP contribution in [-0.2, 0) is 4.79 Å². The zero-order valence-electron chi connectivity index (χ0n) is 15.5. The van der Waals surface area contributed by atoms with Crippen LogP contribution >= 0.6 is 0 Å². The normalized spacial score (nSPS) is 11.6. The molecule has 0 radical (unpaired) electrons. The molecule has 0 aliphatic carbocycles. The van der Waals surface area contributed by atoms with E-state index in [-0.39, 0.29) is 5.78 Å². The van der Waals surface area contributed by atoms with Gasteiger partial charge in [-0.15, -0.1) is 0 Å². The molecule has 0 fully saturated rings. The van der Waals surface area contributed by atoms with E-state index < -0.39 is 12.6 Å². The SMILES string of the molecule is CC(=Cc1c[nH]c2ccccc12)C(=O)c1cc(C)c(OCC(=O)O)c(C)c1. The molecule has 3 aromatic rings. The van der Waals surface area contributed by atoms with E-state index in [4.69, 9.17) is 9.84 Å². The minimum Gasteiger partial charge on any atom is -0.481 e. The maximum atomic E-state index is 12.9. The number of carboxylic acids is 1. The van der Waals surface area contributed by atoms with E-state index in [0.29, 0.717) is 16.9 Å². The lowest BCUT2D eigenvalue weighted by Gasteiger charge is -2.12. The Morgan fingerprint density at radius 1 is 1.15 bits per heavy atom. The molecule has 0 spiro atoms. The smallest absolute Gasteiger partial charge is 0.341 e. The quantitative estimate of drug-likeness (QED) is 0.498. The number of aliphatic carboxylic acids is 1. The Kier molecular flexibility index (Phi) is 5.12. The van der Waals surface area contributed by atoms with Crippen LogP contribution in [0, 0.1) is 13.8 Å². The van der Waals surface area contributed by atoms with E-state index in [9.17, 15) is 9.59 Å². The van der Waals surface area contributed by atoms with Gasteiger partial charge in [-0.25, -0.2) is 4.79 Å². The van der Waals surface area contributed by atoms with Crippen LogP contribution in [-0.4, -0.2) is 28.4 Å². The Bertz CT molecular complexity index is 1040. The molecule has 5 nitrogen and oxygen atoms in total. The molecule has 0 bridgehead atoms. The molecule has 0 atom stereocenters. The van der Waals surface area contributed by atoms with Gasteiger partial charge in [0, 0.05) is 28.2 Å². The molecule has 0 saturated carbocycles. The molecule has 138 valence electrons. The standard InChI is InChI=1S/C22H21NO4/c1-13(8-17-11-23-19-7-5-4-6-18(17)19)21(26)16-9-14(2)22(15(3)10-16)27-12-20(24)25/h4-11,23H,12H2,1-3H3,(H,24,25). The van der Waals surface area contributed by atoms with Gasteiger partial charge in [-0.1, -0.05) is 18.2 Å². The van der Waals surface area contributed by atoms with Gasteiger partial charge in [0.1, 0.15) is 5.75 Å². The Labute approximate surface area is 157 Å². The minimum atomic E-state index is -1.04.